The predicted molar refractivity (Wildman–Crippen MR) is 36.9 cm³/mol. The Morgan fingerprint density at radius 3 is 1.90 bits per heavy atom. The molecule has 58 valence electrons. The zero-order valence-corrected chi connectivity index (χ0v) is 6.02. The summed E-state index contributed by atoms with van der Waals surface area (Å²) in [5, 5.41) is 5.28. The summed E-state index contributed by atoms with van der Waals surface area (Å²) in [5.41, 5.74) is 0. The Morgan fingerprint density at radius 1 is 1.10 bits per heavy atom. The van der Waals surface area contributed by atoms with Gasteiger partial charge in [0, 0.05) is 6.54 Å². The maximum absolute atomic E-state index is 9.71. The number of nitroso groups, excluding NO2 is 2. The molecule has 0 amide bonds. The van der Waals surface area contributed by atoms with Crippen LogP contribution in [-0.2, 0) is 0 Å². The molecule has 0 N–H and O–H groups in total. The second-order valence-corrected chi connectivity index (χ2v) is 2.06. The van der Waals surface area contributed by atoms with Gasteiger partial charge >= 0.3 is 0 Å². The molecular formula is C4H10N4O2. The average molecular weight is 146 g/mol. The molecule has 0 saturated heterocycles. The minimum absolute atomic E-state index is 0.236. The Bertz CT molecular complexity index is 108. The van der Waals surface area contributed by atoms with Gasteiger partial charge in [-0.3, -0.25) is 0 Å². The van der Waals surface area contributed by atoms with E-state index in [9.17, 15) is 9.81 Å². The van der Waals surface area contributed by atoms with Crippen molar-refractivity contribution < 1.29 is 0 Å². The van der Waals surface area contributed by atoms with Crippen LogP contribution in [-0.4, -0.2) is 37.2 Å². The third kappa shape index (κ3) is 3.90. The minimum Gasteiger partial charge on any atom is -0.307 e. The van der Waals surface area contributed by atoms with Crippen LogP contribution in [0, 0.1) is 9.81 Å². The van der Waals surface area contributed by atoms with Crippen LogP contribution >= 0.6 is 0 Å². The van der Waals surface area contributed by atoms with Gasteiger partial charge in [-0.1, -0.05) is 0 Å². The van der Waals surface area contributed by atoms with Crippen LogP contribution in [0.15, 0.2) is 10.6 Å². The Morgan fingerprint density at radius 2 is 1.60 bits per heavy atom. The minimum atomic E-state index is 0.236. The number of rotatable bonds is 5. The highest BCUT2D eigenvalue weighted by Gasteiger charge is 2.00. The molecule has 0 aromatic rings. The summed E-state index contributed by atoms with van der Waals surface area (Å²) in [6, 6.07) is 0. The molecule has 0 unspecified atom stereocenters. The monoisotopic (exact) mass is 146 g/mol. The molecular weight excluding hydrogens is 136 g/mol. The van der Waals surface area contributed by atoms with Gasteiger partial charge in [0.1, 0.15) is 0 Å². The van der Waals surface area contributed by atoms with E-state index in [-0.39, 0.29) is 6.54 Å². The molecule has 0 radical (unpaired) electrons. The summed E-state index contributed by atoms with van der Waals surface area (Å²) >= 11 is 0. The summed E-state index contributed by atoms with van der Waals surface area (Å²) < 4.78 is 0. The van der Waals surface area contributed by atoms with E-state index in [0.717, 1.165) is 0 Å². The van der Waals surface area contributed by atoms with Crippen LogP contribution in [0.5, 0.6) is 0 Å². The molecule has 0 atom stereocenters. The van der Waals surface area contributed by atoms with E-state index in [0.29, 0.717) is 11.7 Å². The second-order valence-electron chi connectivity index (χ2n) is 2.06. The van der Waals surface area contributed by atoms with Crippen LogP contribution in [0.4, 0.5) is 0 Å². The summed E-state index contributed by atoms with van der Waals surface area (Å²) in [4.78, 5) is 21.2. The third-order valence-corrected chi connectivity index (χ3v) is 0.936. The van der Waals surface area contributed by atoms with Crippen LogP contribution in [0.25, 0.3) is 0 Å². The highest BCUT2D eigenvalue weighted by atomic mass is 16.4. The Kier molecular flexibility index (Phi) is 4.30. The smallest absolute Gasteiger partial charge is 0.0799 e. The maximum atomic E-state index is 9.71. The first-order valence-electron chi connectivity index (χ1n) is 2.79. The quantitative estimate of drug-likeness (QED) is 0.411. The van der Waals surface area contributed by atoms with Crippen LogP contribution in [0.1, 0.15) is 0 Å². The normalized spacial score (nSPS) is 9.50. The first-order chi connectivity index (χ1) is 4.70. The van der Waals surface area contributed by atoms with Gasteiger partial charge in [-0.25, -0.2) is 0 Å². The second kappa shape index (κ2) is 4.80. The number of likely N-dealkylation sites (N-methyl/N-ethyl adjacent to an activating group) is 1. The maximum Gasteiger partial charge on any atom is 0.0799 e. The van der Waals surface area contributed by atoms with Crippen molar-refractivity contribution in [2.24, 2.45) is 10.6 Å². The summed E-state index contributed by atoms with van der Waals surface area (Å²) in [6.07, 6.45) is 0. The SMILES string of the molecule is CN(C)CCN(N=O)N=O. The lowest BCUT2D eigenvalue weighted by Gasteiger charge is -2.09. The molecule has 0 aliphatic carbocycles. The molecule has 0 aliphatic rings. The molecule has 6 nitrogen and oxygen atoms in total. The molecule has 0 heterocycles. The lowest BCUT2D eigenvalue weighted by Crippen LogP contribution is -2.23. The molecule has 0 bridgehead atoms. The molecule has 0 aliphatic heterocycles. The van der Waals surface area contributed by atoms with Crippen molar-refractivity contribution in [2.45, 2.75) is 0 Å². The van der Waals surface area contributed by atoms with Crippen molar-refractivity contribution in [3.05, 3.63) is 9.81 Å². The van der Waals surface area contributed by atoms with E-state index in [1.807, 2.05) is 19.0 Å². The van der Waals surface area contributed by atoms with Gasteiger partial charge in [0.25, 0.3) is 0 Å². The zero-order chi connectivity index (χ0) is 7.98. The Hall–Kier alpha value is -1.04. The lowest BCUT2D eigenvalue weighted by atomic mass is 10.6. The largest absolute Gasteiger partial charge is 0.307 e. The third-order valence-electron chi connectivity index (χ3n) is 0.936. The van der Waals surface area contributed by atoms with E-state index in [2.05, 4.69) is 10.6 Å². The molecule has 0 saturated carbocycles. The fraction of sp³-hybridized carbons (Fsp3) is 1.00. The van der Waals surface area contributed by atoms with E-state index >= 15 is 0 Å². The first kappa shape index (κ1) is 8.96. The van der Waals surface area contributed by atoms with Gasteiger partial charge in [0.15, 0.2) is 0 Å². The molecule has 0 aromatic carbocycles. The van der Waals surface area contributed by atoms with Crippen LogP contribution in [0.3, 0.4) is 0 Å². The fourth-order valence-electron chi connectivity index (χ4n) is 0.386. The van der Waals surface area contributed by atoms with Gasteiger partial charge < -0.3 is 4.90 Å². The number of nitrogens with zero attached hydrogens (tertiary/aromatic N) is 4. The van der Waals surface area contributed by atoms with E-state index < -0.39 is 0 Å². The average Bonchev–Trinajstić information content (AvgIpc) is 1.90. The van der Waals surface area contributed by atoms with Crippen molar-refractivity contribution in [1.82, 2.24) is 10.0 Å². The highest BCUT2D eigenvalue weighted by molar-refractivity contribution is 4.47. The lowest BCUT2D eigenvalue weighted by molar-refractivity contribution is 0.254. The zero-order valence-electron chi connectivity index (χ0n) is 6.02. The highest BCUT2D eigenvalue weighted by Crippen LogP contribution is 1.88. The molecule has 10 heavy (non-hydrogen) atoms. The van der Waals surface area contributed by atoms with Crippen molar-refractivity contribution in [3.8, 4) is 0 Å². The van der Waals surface area contributed by atoms with E-state index in [1.54, 1.807) is 0 Å². The Balaban J connectivity index is 3.44. The van der Waals surface area contributed by atoms with Gasteiger partial charge in [0.2, 0.25) is 0 Å². The first-order valence-corrected chi connectivity index (χ1v) is 2.79. The van der Waals surface area contributed by atoms with Crippen LogP contribution in [0.2, 0.25) is 0 Å². The topological polar surface area (TPSA) is 65.3 Å². The van der Waals surface area contributed by atoms with E-state index in [4.69, 9.17) is 0 Å². The van der Waals surface area contributed by atoms with Gasteiger partial charge in [-0.05, 0) is 14.1 Å². The number of hydrogen-bond donors (Lipinski definition) is 0. The van der Waals surface area contributed by atoms with Crippen LogP contribution < -0.4 is 0 Å². The van der Waals surface area contributed by atoms with Crippen molar-refractivity contribution >= 4 is 0 Å². The van der Waals surface area contributed by atoms with Gasteiger partial charge in [-0.2, -0.15) is 0 Å². The van der Waals surface area contributed by atoms with Gasteiger partial charge in [-0.15, -0.1) is 14.9 Å². The summed E-state index contributed by atoms with van der Waals surface area (Å²) in [7, 11) is 3.65. The van der Waals surface area contributed by atoms with Gasteiger partial charge in [0.05, 0.1) is 17.1 Å². The van der Waals surface area contributed by atoms with Crippen molar-refractivity contribution in [2.75, 3.05) is 27.2 Å². The summed E-state index contributed by atoms with van der Waals surface area (Å²) in [6.45, 7) is 0.817. The summed E-state index contributed by atoms with van der Waals surface area (Å²) in [5.74, 6) is 0. The predicted octanol–water partition coefficient (Wildman–Crippen LogP) is 0.213. The molecule has 0 aromatic heterocycles. The van der Waals surface area contributed by atoms with Crippen molar-refractivity contribution in [3.63, 3.8) is 0 Å². The van der Waals surface area contributed by atoms with E-state index in [1.165, 1.54) is 0 Å². The van der Waals surface area contributed by atoms with Crippen molar-refractivity contribution in [1.29, 1.82) is 0 Å². The molecule has 0 rings (SSSR count). The molecule has 0 fully saturated rings. The number of hydrogen-bond acceptors (Lipinski definition) is 5. The molecule has 0 spiro atoms. The standard InChI is InChI=1S/C4H10N4O2/c1-7(2)3-4-8(5-9)6-10/h3-4H2,1-2H3. The Labute approximate surface area is 58.7 Å². The fourth-order valence-corrected chi connectivity index (χ4v) is 0.386. The molecule has 6 heteroatoms.